The van der Waals surface area contributed by atoms with Gasteiger partial charge in [-0.3, -0.25) is 9.78 Å². The summed E-state index contributed by atoms with van der Waals surface area (Å²) in [5.74, 6) is -0.0234. The molecule has 1 saturated heterocycles. The van der Waals surface area contributed by atoms with E-state index in [1.807, 2.05) is 72.8 Å². The predicted octanol–water partition coefficient (Wildman–Crippen LogP) is 3.42. The van der Waals surface area contributed by atoms with E-state index in [2.05, 4.69) is 4.98 Å². The maximum Gasteiger partial charge on any atom is 0.254 e. The van der Waals surface area contributed by atoms with Crippen molar-refractivity contribution in [2.45, 2.75) is 12.5 Å². The molecule has 0 saturated carbocycles. The molecule has 1 aromatic heterocycles. The third kappa shape index (κ3) is 3.76. The van der Waals surface area contributed by atoms with Gasteiger partial charge in [0.1, 0.15) is 0 Å². The highest BCUT2D eigenvalue weighted by atomic mass is 16.3. The van der Waals surface area contributed by atoms with Crippen LogP contribution < -0.4 is 0 Å². The lowest BCUT2D eigenvalue weighted by molar-refractivity contribution is 0.0765. The van der Waals surface area contributed by atoms with Crippen LogP contribution in [0.15, 0.2) is 79.0 Å². The normalized spacial score (nSPS) is 19.2. The van der Waals surface area contributed by atoms with Gasteiger partial charge in [-0.15, -0.1) is 0 Å². The molecule has 4 rings (SSSR count). The molecule has 0 spiro atoms. The number of nitrogens with zero attached hydrogens (tertiary/aromatic N) is 2. The number of aliphatic hydroxyl groups excluding tert-OH is 1. The average Bonchev–Trinajstić information content (AvgIpc) is 3.09. The van der Waals surface area contributed by atoms with Crippen LogP contribution in [0.2, 0.25) is 0 Å². The van der Waals surface area contributed by atoms with Crippen molar-refractivity contribution in [3.8, 4) is 11.1 Å². The van der Waals surface area contributed by atoms with Crippen molar-refractivity contribution in [2.75, 3.05) is 13.1 Å². The minimum atomic E-state index is -0.528. The topological polar surface area (TPSA) is 53.4 Å². The molecular weight excluding hydrogens is 336 g/mol. The first-order valence-corrected chi connectivity index (χ1v) is 9.24. The molecule has 27 heavy (non-hydrogen) atoms. The lowest BCUT2D eigenvalue weighted by atomic mass is 9.98. The van der Waals surface area contributed by atoms with Crippen molar-refractivity contribution >= 4 is 5.91 Å². The maximum atomic E-state index is 13.2. The average molecular weight is 358 g/mol. The Bertz CT molecular complexity index is 912. The Labute approximate surface area is 159 Å². The fourth-order valence-corrected chi connectivity index (χ4v) is 3.72. The number of benzene rings is 2. The smallest absolute Gasteiger partial charge is 0.254 e. The van der Waals surface area contributed by atoms with Crippen molar-refractivity contribution in [2.24, 2.45) is 5.92 Å². The third-order valence-corrected chi connectivity index (χ3v) is 5.13. The molecule has 4 heteroatoms. The highest BCUT2D eigenvalue weighted by Crippen LogP contribution is 2.28. The van der Waals surface area contributed by atoms with Crippen LogP contribution in [0.25, 0.3) is 11.1 Å². The summed E-state index contributed by atoms with van der Waals surface area (Å²) in [6, 6.07) is 23.4. The second-order valence-corrected chi connectivity index (χ2v) is 6.97. The molecule has 0 unspecified atom stereocenters. The summed E-state index contributed by atoms with van der Waals surface area (Å²) in [6.45, 7) is 0.902. The largest absolute Gasteiger partial charge is 0.391 e. The minimum Gasteiger partial charge on any atom is -0.391 e. The summed E-state index contributed by atoms with van der Waals surface area (Å²) in [6.07, 6.45) is 1.90. The van der Waals surface area contributed by atoms with Gasteiger partial charge in [0.05, 0.1) is 6.10 Å². The number of amides is 1. The second-order valence-electron chi connectivity index (χ2n) is 6.97. The van der Waals surface area contributed by atoms with E-state index in [0.29, 0.717) is 25.1 Å². The summed E-state index contributed by atoms with van der Waals surface area (Å²) in [5.41, 5.74) is 3.56. The molecule has 4 nitrogen and oxygen atoms in total. The van der Waals surface area contributed by atoms with Gasteiger partial charge in [0, 0.05) is 36.5 Å². The van der Waals surface area contributed by atoms with Crippen LogP contribution in [0, 0.1) is 5.92 Å². The summed E-state index contributed by atoms with van der Waals surface area (Å²) >= 11 is 0. The number of hydrogen-bond donors (Lipinski definition) is 1. The second kappa shape index (κ2) is 7.72. The minimum absolute atomic E-state index is 0.00716. The molecule has 2 atom stereocenters. The van der Waals surface area contributed by atoms with Crippen LogP contribution in [0.1, 0.15) is 16.1 Å². The van der Waals surface area contributed by atoms with E-state index in [1.165, 1.54) is 0 Å². The van der Waals surface area contributed by atoms with Crippen molar-refractivity contribution in [3.63, 3.8) is 0 Å². The molecule has 2 heterocycles. The predicted molar refractivity (Wildman–Crippen MR) is 105 cm³/mol. The fraction of sp³-hybridized carbons (Fsp3) is 0.217. The van der Waals surface area contributed by atoms with Crippen LogP contribution in [-0.4, -0.2) is 40.1 Å². The van der Waals surface area contributed by atoms with Crippen LogP contribution in [-0.2, 0) is 6.42 Å². The summed E-state index contributed by atoms with van der Waals surface area (Å²) in [5, 5.41) is 10.5. The molecule has 1 N–H and O–H groups in total. The number of aliphatic hydroxyl groups is 1. The van der Waals surface area contributed by atoms with E-state index >= 15 is 0 Å². The fourth-order valence-electron chi connectivity index (χ4n) is 3.72. The highest BCUT2D eigenvalue weighted by Gasteiger charge is 2.35. The number of β-amino-alcohol motifs (C(OH)–C–C–N with tert-alkyl or cyclic N) is 1. The van der Waals surface area contributed by atoms with E-state index in [0.717, 1.165) is 16.8 Å². The van der Waals surface area contributed by atoms with Gasteiger partial charge >= 0.3 is 0 Å². The Morgan fingerprint density at radius 2 is 1.70 bits per heavy atom. The van der Waals surface area contributed by atoms with E-state index in [4.69, 9.17) is 0 Å². The molecule has 3 aromatic rings. The van der Waals surface area contributed by atoms with E-state index in [1.54, 1.807) is 11.1 Å². The Kier molecular flexibility index (Phi) is 4.99. The molecule has 1 fully saturated rings. The molecule has 136 valence electrons. The molecular formula is C23H22N2O2. The first kappa shape index (κ1) is 17.4. The molecule has 1 aliphatic heterocycles. The van der Waals surface area contributed by atoms with Crippen molar-refractivity contribution < 1.29 is 9.90 Å². The highest BCUT2D eigenvalue weighted by molar-refractivity contribution is 6.01. The standard InChI is InChI=1S/C23H22N2O2/c26-22-16-25(15-18(22)14-19-10-6-7-13-24-19)23(27)21-12-5-4-11-20(21)17-8-2-1-3-9-17/h1-13,18,22,26H,14-16H2/t18-,22-/m1/s1. The van der Waals surface area contributed by atoms with Gasteiger partial charge in [0.2, 0.25) is 0 Å². The number of carbonyl (C=O) groups excluding carboxylic acids is 1. The Balaban J connectivity index is 1.54. The number of hydrogen-bond acceptors (Lipinski definition) is 3. The quantitative estimate of drug-likeness (QED) is 0.777. The Hall–Kier alpha value is -2.98. The van der Waals surface area contributed by atoms with Crippen LogP contribution in [0.5, 0.6) is 0 Å². The Morgan fingerprint density at radius 1 is 0.963 bits per heavy atom. The Morgan fingerprint density at radius 3 is 2.48 bits per heavy atom. The zero-order valence-electron chi connectivity index (χ0n) is 15.0. The number of likely N-dealkylation sites (tertiary alicyclic amines) is 1. The number of pyridine rings is 1. The zero-order valence-corrected chi connectivity index (χ0v) is 15.0. The molecule has 2 aromatic carbocycles. The van der Waals surface area contributed by atoms with Crippen LogP contribution >= 0.6 is 0 Å². The molecule has 0 radical (unpaired) electrons. The summed E-state index contributed by atoms with van der Waals surface area (Å²) in [4.78, 5) is 19.3. The van der Waals surface area contributed by atoms with Gasteiger partial charge in [-0.1, -0.05) is 54.6 Å². The summed E-state index contributed by atoms with van der Waals surface area (Å²) in [7, 11) is 0. The van der Waals surface area contributed by atoms with Gasteiger partial charge in [-0.05, 0) is 35.7 Å². The van der Waals surface area contributed by atoms with Gasteiger partial charge in [-0.2, -0.15) is 0 Å². The van der Waals surface area contributed by atoms with Crippen LogP contribution in [0.4, 0.5) is 0 Å². The first-order valence-electron chi connectivity index (χ1n) is 9.24. The van der Waals surface area contributed by atoms with E-state index in [-0.39, 0.29) is 11.8 Å². The number of rotatable bonds is 4. The van der Waals surface area contributed by atoms with Crippen molar-refractivity contribution in [3.05, 3.63) is 90.3 Å². The maximum absolute atomic E-state index is 13.2. The molecule has 0 aliphatic carbocycles. The lowest BCUT2D eigenvalue weighted by Crippen LogP contribution is -2.30. The van der Waals surface area contributed by atoms with Gasteiger partial charge in [-0.25, -0.2) is 0 Å². The van der Waals surface area contributed by atoms with Crippen molar-refractivity contribution in [1.82, 2.24) is 9.88 Å². The number of carbonyl (C=O) groups is 1. The lowest BCUT2D eigenvalue weighted by Gasteiger charge is -2.18. The third-order valence-electron chi connectivity index (χ3n) is 5.13. The monoisotopic (exact) mass is 358 g/mol. The summed E-state index contributed by atoms with van der Waals surface area (Å²) < 4.78 is 0. The van der Waals surface area contributed by atoms with E-state index in [9.17, 15) is 9.90 Å². The number of aromatic nitrogens is 1. The zero-order chi connectivity index (χ0) is 18.6. The van der Waals surface area contributed by atoms with Crippen LogP contribution in [0.3, 0.4) is 0 Å². The van der Waals surface area contributed by atoms with Gasteiger partial charge < -0.3 is 10.0 Å². The van der Waals surface area contributed by atoms with E-state index < -0.39 is 6.10 Å². The van der Waals surface area contributed by atoms with Crippen molar-refractivity contribution in [1.29, 1.82) is 0 Å². The van der Waals surface area contributed by atoms with Gasteiger partial charge in [0.15, 0.2) is 0 Å². The molecule has 1 aliphatic rings. The SMILES string of the molecule is O=C(c1ccccc1-c1ccccc1)N1C[C@@H](Cc2ccccn2)[C@H](O)C1. The van der Waals surface area contributed by atoms with Gasteiger partial charge in [0.25, 0.3) is 5.91 Å². The molecule has 0 bridgehead atoms. The molecule has 1 amide bonds. The first-order chi connectivity index (χ1) is 13.2.